The van der Waals surface area contributed by atoms with Crippen LogP contribution >= 0.6 is 11.3 Å². The molecule has 0 amide bonds. The standard InChI is InChI=1S/C11H16N2O2S/c1-2-3-11(9(14)15)4-6-13(8-11)10-12-5-7-16-10/h5,7H,2-4,6,8H2,1H3,(H,14,15). The van der Waals surface area contributed by atoms with Crippen molar-refractivity contribution in [3.63, 3.8) is 0 Å². The molecule has 5 heteroatoms. The average Bonchev–Trinajstić information content (AvgIpc) is 2.84. The van der Waals surface area contributed by atoms with E-state index in [0.717, 1.165) is 30.9 Å². The minimum atomic E-state index is -0.659. The Morgan fingerprint density at radius 3 is 3.12 bits per heavy atom. The maximum absolute atomic E-state index is 11.4. The van der Waals surface area contributed by atoms with Gasteiger partial charge in [-0.1, -0.05) is 13.3 Å². The Morgan fingerprint density at radius 2 is 2.56 bits per heavy atom. The first-order chi connectivity index (χ1) is 7.68. The molecule has 88 valence electrons. The number of carboxylic acid groups (broad SMARTS) is 1. The van der Waals surface area contributed by atoms with Crippen LogP contribution in [-0.2, 0) is 4.79 Å². The lowest BCUT2D eigenvalue weighted by Gasteiger charge is -2.23. The molecule has 1 N–H and O–H groups in total. The molecule has 4 nitrogen and oxygen atoms in total. The van der Waals surface area contributed by atoms with Gasteiger partial charge in [0.25, 0.3) is 0 Å². The van der Waals surface area contributed by atoms with Crippen LogP contribution < -0.4 is 4.90 Å². The summed E-state index contributed by atoms with van der Waals surface area (Å²) in [6.45, 7) is 3.44. The number of carbonyl (C=O) groups is 1. The number of rotatable bonds is 4. The second kappa shape index (κ2) is 4.41. The molecule has 0 bridgehead atoms. The third-order valence-corrected chi connectivity index (χ3v) is 4.06. The fourth-order valence-electron chi connectivity index (χ4n) is 2.37. The average molecular weight is 240 g/mol. The molecule has 1 saturated heterocycles. The van der Waals surface area contributed by atoms with Crippen LogP contribution in [0, 0.1) is 5.41 Å². The molecule has 2 rings (SSSR count). The van der Waals surface area contributed by atoms with E-state index < -0.39 is 11.4 Å². The summed E-state index contributed by atoms with van der Waals surface area (Å²) in [7, 11) is 0. The molecule has 16 heavy (non-hydrogen) atoms. The van der Waals surface area contributed by atoms with Crippen molar-refractivity contribution in [2.75, 3.05) is 18.0 Å². The molecule has 1 aliphatic heterocycles. The summed E-state index contributed by atoms with van der Waals surface area (Å²) in [6, 6.07) is 0. The van der Waals surface area contributed by atoms with Gasteiger partial charge in [0.1, 0.15) is 0 Å². The smallest absolute Gasteiger partial charge is 0.311 e. The van der Waals surface area contributed by atoms with Crippen molar-refractivity contribution in [3.05, 3.63) is 11.6 Å². The molecule has 1 aromatic rings. The van der Waals surface area contributed by atoms with E-state index in [-0.39, 0.29) is 0 Å². The Bertz CT molecular complexity index is 366. The number of aliphatic carboxylic acids is 1. The van der Waals surface area contributed by atoms with Gasteiger partial charge in [0.15, 0.2) is 5.13 Å². The van der Waals surface area contributed by atoms with Gasteiger partial charge in [-0.2, -0.15) is 0 Å². The van der Waals surface area contributed by atoms with Gasteiger partial charge in [-0.25, -0.2) is 4.98 Å². The molecule has 1 fully saturated rings. The van der Waals surface area contributed by atoms with Gasteiger partial charge < -0.3 is 10.0 Å². The fourth-order valence-corrected chi connectivity index (χ4v) is 3.04. The molecule has 0 saturated carbocycles. The molecule has 1 unspecified atom stereocenters. The number of nitrogens with zero attached hydrogens (tertiary/aromatic N) is 2. The van der Waals surface area contributed by atoms with Gasteiger partial charge in [0, 0.05) is 24.7 Å². The van der Waals surface area contributed by atoms with Crippen LogP contribution in [0.25, 0.3) is 0 Å². The van der Waals surface area contributed by atoms with Crippen molar-refractivity contribution in [1.82, 2.24) is 4.98 Å². The lowest BCUT2D eigenvalue weighted by atomic mass is 9.83. The normalized spacial score (nSPS) is 24.9. The summed E-state index contributed by atoms with van der Waals surface area (Å²) >= 11 is 1.57. The van der Waals surface area contributed by atoms with E-state index in [1.165, 1.54) is 0 Å². The second-order valence-corrected chi connectivity index (χ2v) is 5.19. The predicted octanol–water partition coefficient (Wildman–Crippen LogP) is 2.22. The van der Waals surface area contributed by atoms with E-state index in [1.807, 2.05) is 12.3 Å². The summed E-state index contributed by atoms with van der Waals surface area (Å²) in [4.78, 5) is 17.7. The Labute approximate surface area is 98.9 Å². The van der Waals surface area contributed by atoms with Crippen LogP contribution in [0.15, 0.2) is 11.6 Å². The number of anilines is 1. The van der Waals surface area contributed by atoms with Crippen LogP contribution in [0.3, 0.4) is 0 Å². The van der Waals surface area contributed by atoms with Gasteiger partial charge in [-0.05, 0) is 12.8 Å². The third kappa shape index (κ3) is 1.91. The minimum Gasteiger partial charge on any atom is -0.481 e. The molecule has 0 aromatic carbocycles. The van der Waals surface area contributed by atoms with Gasteiger partial charge in [-0.15, -0.1) is 11.3 Å². The molecule has 0 aliphatic carbocycles. The highest BCUT2D eigenvalue weighted by Crippen LogP contribution is 2.38. The summed E-state index contributed by atoms with van der Waals surface area (Å²) in [6.07, 6.45) is 4.17. The topological polar surface area (TPSA) is 53.4 Å². The summed E-state index contributed by atoms with van der Waals surface area (Å²) in [5, 5.41) is 12.2. The number of carboxylic acids is 1. The quantitative estimate of drug-likeness (QED) is 0.876. The highest BCUT2D eigenvalue weighted by molar-refractivity contribution is 7.13. The van der Waals surface area contributed by atoms with Crippen molar-refractivity contribution in [1.29, 1.82) is 0 Å². The van der Waals surface area contributed by atoms with Crippen molar-refractivity contribution < 1.29 is 9.90 Å². The fraction of sp³-hybridized carbons (Fsp3) is 0.636. The van der Waals surface area contributed by atoms with Gasteiger partial charge in [0.2, 0.25) is 0 Å². The highest BCUT2D eigenvalue weighted by Gasteiger charge is 2.44. The maximum Gasteiger partial charge on any atom is 0.311 e. The van der Waals surface area contributed by atoms with Crippen molar-refractivity contribution in [2.24, 2.45) is 5.41 Å². The zero-order valence-corrected chi connectivity index (χ0v) is 10.2. The Kier molecular flexibility index (Phi) is 3.14. The molecular formula is C11H16N2O2S. The zero-order valence-electron chi connectivity index (χ0n) is 9.35. The Balaban J connectivity index is 2.13. The van der Waals surface area contributed by atoms with Crippen molar-refractivity contribution in [3.8, 4) is 0 Å². The van der Waals surface area contributed by atoms with E-state index >= 15 is 0 Å². The monoisotopic (exact) mass is 240 g/mol. The van der Waals surface area contributed by atoms with Crippen LogP contribution in [0.2, 0.25) is 0 Å². The van der Waals surface area contributed by atoms with E-state index in [9.17, 15) is 9.90 Å². The summed E-state index contributed by atoms with van der Waals surface area (Å²) in [5.74, 6) is -0.659. The van der Waals surface area contributed by atoms with E-state index in [1.54, 1.807) is 17.5 Å². The molecule has 0 spiro atoms. The van der Waals surface area contributed by atoms with Crippen molar-refractivity contribution in [2.45, 2.75) is 26.2 Å². The van der Waals surface area contributed by atoms with Crippen LogP contribution in [0.1, 0.15) is 26.2 Å². The predicted molar refractivity (Wildman–Crippen MR) is 63.9 cm³/mol. The van der Waals surface area contributed by atoms with Gasteiger partial charge >= 0.3 is 5.97 Å². The van der Waals surface area contributed by atoms with Gasteiger partial charge in [-0.3, -0.25) is 4.79 Å². The molecule has 1 aliphatic rings. The van der Waals surface area contributed by atoms with Gasteiger partial charge in [0.05, 0.1) is 5.41 Å². The number of thiazole rings is 1. The molecular weight excluding hydrogens is 224 g/mol. The molecule has 1 atom stereocenters. The largest absolute Gasteiger partial charge is 0.481 e. The van der Waals surface area contributed by atoms with Crippen LogP contribution in [0.5, 0.6) is 0 Å². The lowest BCUT2D eigenvalue weighted by molar-refractivity contribution is -0.148. The minimum absolute atomic E-state index is 0.555. The first-order valence-corrected chi connectivity index (χ1v) is 6.44. The Morgan fingerprint density at radius 1 is 1.75 bits per heavy atom. The summed E-state index contributed by atoms with van der Waals surface area (Å²) < 4.78 is 0. The number of hydrogen-bond acceptors (Lipinski definition) is 4. The number of hydrogen-bond donors (Lipinski definition) is 1. The summed E-state index contributed by atoms with van der Waals surface area (Å²) in [5.41, 5.74) is -0.555. The van der Waals surface area contributed by atoms with Crippen molar-refractivity contribution >= 4 is 22.4 Å². The molecule has 0 radical (unpaired) electrons. The SMILES string of the molecule is CCCC1(C(=O)O)CCN(c2nccs2)C1. The maximum atomic E-state index is 11.4. The molecule has 2 heterocycles. The zero-order chi connectivity index (χ0) is 11.6. The first kappa shape index (κ1) is 11.4. The van der Waals surface area contributed by atoms with E-state index in [0.29, 0.717) is 6.54 Å². The first-order valence-electron chi connectivity index (χ1n) is 5.56. The van der Waals surface area contributed by atoms with Crippen LogP contribution in [-0.4, -0.2) is 29.1 Å². The lowest BCUT2D eigenvalue weighted by Crippen LogP contribution is -2.34. The van der Waals surface area contributed by atoms with E-state index in [4.69, 9.17) is 0 Å². The number of aromatic nitrogens is 1. The highest BCUT2D eigenvalue weighted by atomic mass is 32.1. The third-order valence-electron chi connectivity index (χ3n) is 3.23. The molecule has 1 aromatic heterocycles. The van der Waals surface area contributed by atoms with E-state index in [2.05, 4.69) is 9.88 Å². The Hall–Kier alpha value is -1.10. The van der Waals surface area contributed by atoms with Crippen LogP contribution in [0.4, 0.5) is 5.13 Å². The second-order valence-electron chi connectivity index (χ2n) is 4.32.